The molecule has 0 amide bonds. The van der Waals surface area contributed by atoms with Crippen LogP contribution in [0, 0.1) is 0 Å². The summed E-state index contributed by atoms with van der Waals surface area (Å²) in [4.78, 5) is 7.83. The molecule has 1 atom stereocenters. The van der Waals surface area contributed by atoms with Gasteiger partial charge < -0.3 is 10.3 Å². The number of rotatable bonds is 1. The first-order chi connectivity index (χ1) is 9.29. The van der Waals surface area contributed by atoms with Crippen molar-refractivity contribution in [1.82, 2.24) is 15.3 Å². The molecule has 2 aromatic heterocycles. The molecule has 2 N–H and O–H groups in total. The average molecular weight is 269 g/mol. The maximum absolute atomic E-state index is 4.56. The zero-order valence-corrected chi connectivity index (χ0v) is 11.6. The summed E-state index contributed by atoms with van der Waals surface area (Å²) in [5, 5.41) is 7.25. The minimum atomic E-state index is -0.187. The van der Waals surface area contributed by atoms with Crippen molar-refractivity contribution in [2.45, 2.75) is 18.9 Å². The van der Waals surface area contributed by atoms with Crippen LogP contribution in [0.2, 0.25) is 0 Å². The van der Waals surface area contributed by atoms with Crippen molar-refractivity contribution < 1.29 is 0 Å². The highest BCUT2D eigenvalue weighted by molar-refractivity contribution is 7.17. The minimum absolute atomic E-state index is 0.187. The number of hydrogen-bond donors (Lipinski definition) is 2. The second-order valence-electron chi connectivity index (χ2n) is 5.18. The quantitative estimate of drug-likeness (QED) is 0.713. The number of benzene rings is 1. The van der Waals surface area contributed by atoms with Gasteiger partial charge in [-0.05, 0) is 29.3 Å². The second kappa shape index (κ2) is 3.92. The molecule has 1 unspecified atom stereocenters. The van der Waals surface area contributed by atoms with E-state index in [-0.39, 0.29) is 5.54 Å². The summed E-state index contributed by atoms with van der Waals surface area (Å²) in [5.41, 5.74) is 3.55. The van der Waals surface area contributed by atoms with E-state index >= 15 is 0 Å². The molecule has 1 aliphatic rings. The van der Waals surface area contributed by atoms with Crippen molar-refractivity contribution in [3.05, 3.63) is 52.9 Å². The van der Waals surface area contributed by atoms with Crippen molar-refractivity contribution in [3.63, 3.8) is 0 Å². The van der Waals surface area contributed by atoms with Crippen LogP contribution in [-0.4, -0.2) is 16.5 Å². The summed E-state index contributed by atoms with van der Waals surface area (Å²) < 4.78 is 1.34. The van der Waals surface area contributed by atoms with Crippen LogP contribution in [0.3, 0.4) is 0 Å². The largest absolute Gasteiger partial charge is 0.348 e. The first-order valence-electron chi connectivity index (χ1n) is 6.53. The molecular formula is C15H15N3S. The van der Waals surface area contributed by atoms with Gasteiger partial charge >= 0.3 is 0 Å². The summed E-state index contributed by atoms with van der Waals surface area (Å²) in [6.07, 6.45) is 2.83. The Morgan fingerprint density at radius 2 is 2.21 bits per heavy atom. The monoisotopic (exact) mass is 269 g/mol. The van der Waals surface area contributed by atoms with Gasteiger partial charge in [-0.15, -0.1) is 11.3 Å². The zero-order chi connectivity index (χ0) is 12.9. The van der Waals surface area contributed by atoms with Gasteiger partial charge in [-0.3, -0.25) is 0 Å². The van der Waals surface area contributed by atoms with Crippen molar-refractivity contribution in [1.29, 1.82) is 0 Å². The van der Waals surface area contributed by atoms with Crippen LogP contribution in [-0.2, 0) is 12.0 Å². The fraction of sp³-hybridized carbons (Fsp3) is 0.267. The molecule has 0 radical (unpaired) electrons. The zero-order valence-electron chi connectivity index (χ0n) is 10.7. The third kappa shape index (κ3) is 1.50. The SMILES string of the molecule is CC1(c2csc3ccccc23)NCCc2[nH]cnc21. The third-order valence-corrected chi connectivity index (χ3v) is 5.03. The van der Waals surface area contributed by atoms with Crippen LogP contribution in [0.1, 0.15) is 23.9 Å². The number of H-pyrrole nitrogens is 1. The van der Waals surface area contributed by atoms with Crippen molar-refractivity contribution in [2.75, 3.05) is 6.54 Å². The summed E-state index contributed by atoms with van der Waals surface area (Å²) in [6, 6.07) is 8.59. The normalized spacial score (nSPS) is 22.6. The number of imidazole rings is 1. The third-order valence-electron chi connectivity index (χ3n) is 4.07. The van der Waals surface area contributed by atoms with E-state index in [1.807, 2.05) is 6.33 Å². The summed E-state index contributed by atoms with van der Waals surface area (Å²) in [7, 11) is 0. The second-order valence-corrected chi connectivity index (χ2v) is 6.09. The van der Waals surface area contributed by atoms with Crippen LogP contribution >= 0.6 is 11.3 Å². The Morgan fingerprint density at radius 3 is 3.16 bits per heavy atom. The molecule has 0 spiro atoms. The lowest BCUT2D eigenvalue weighted by Gasteiger charge is -2.34. The number of aromatic amines is 1. The molecule has 3 nitrogen and oxygen atoms in total. The molecule has 1 aromatic carbocycles. The molecule has 3 heterocycles. The number of nitrogens with one attached hydrogen (secondary N) is 2. The molecule has 4 rings (SSSR count). The number of fused-ring (bicyclic) bond motifs is 2. The summed E-state index contributed by atoms with van der Waals surface area (Å²) >= 11 is 1.81. The van der Waals surface area contributed by atoms with Crippen LogP contribution in [0.25, 0.3) is 10.1 Å². The van der Waals surface area contributed by atoms with E-state index < -0.39 is 0 Å². The van der Waals surface area contributed by atoms with Gasteiger partial charge in [0.1, 0.15) is 0 Å². The lowest BCUT2D eigenvalue weighted by Crippen LogP contribution is -2.45. The van der Waals surface area contributed by atoms with E-state index in [9.17, 15) is 0 Å². The van der Waals surface area contributed by atoms with Gasteiger partial charge in [-0.1, -0.05) is 18.2 Å². The number of aromatic nitrogens is 2. The van der Waals surface area contributed by atoms with Crippen molar-refractivity contribution in [3.8, 4) is 0 Å². The number of nitrogens with zero attached hydrogens (tertiary/aromatic N) is 1. The molecule has 0 fully saturated rings. The van der Waals surface area contributed by atoms with Crippen molar-refractivity contribution >= 4 is 21.4 Å². The lowest BCUT2D eigenvalue weighted by atomic mass is 9.84. The summed E-state index contributed by atoms with van der Waals surface area (Å²) in [6.45, 7) is 3.22. The van der Waals surface area contributed by atoms with E-state index in [4.69, 9.17) is 0 Å². The van der Waals surface area contributed by atoms with Crippen LogP contribution in [0.15, 0.2) is 36.0 Å². The van der Waals surface area contributed by atoms with E-state index in [1.165, 1.54) is 21.3 Å². The number of thiophene rings is 1. The highest BCUT2D eigenvalue weighted by Crippen LogP contribution is 2.39. The van der Waals surface area contributed by atoms with Gasteiger partial charge in [0.05, 0.1) is 17.6 Å². The van der Waals surface area contributed by atoms with Gasteiger partial charge in [0.25, 0.3) is 0 Å². The fourth-order valence-corrected chi connectivity index (χ4v) is 4.12. The predicted octanol–water partition coefficient (Wildman–Crippen LogP) is 3.03. The molecule has 0 aliphatic carbocycles. The maximum Gasteiger partial charge on any atom is 0.0926 e. The fourth-order valence-electron chi connectivity index (χ4n) is 3.05. The van der Waals surface area contributed by atoms with E-state index in [0.29, 0.717) is 0 Å². The standard InChI is InChI=1S/C15H15N3S/c1-15(14-12(6-7-18-15)16-9-17-14)11-8-19-13-5-3-2-4-10(11)13/h2-5,8-9,18H,6-7H2,1H3,(H,16,17). The molecule has 3 aromatic rings. The van der Waals surface area contributed by atoms with Crippen LogP contribution in [0.5, 0.6) is 0 Å². The van der Waals surface area contributed by atoms with Gasteiger partial charge in [0, 0.05) is 23.4 Å². The molecule has 19 heavy (non-hydrogen) atoms. The predicted molar refractivity (Wildman–Crippen MR) is 78.6 cm³/mol. The Hall–Kier alpha value is -1.65. The van der Waals surface area contributed by atoms with Gasteiger partial charge in [-0.25, -0.2) is 4.98 Å². The van der Waals surface area contributed by atoms with Crippen molar-refractivity contribution in [2.24, 2.45) is 0 Å². The van der Waals surface area contributed by atoms with E-state index in [2.05, 4.69) is 51.9 Å². The molecule has 96 valence electrons. The Bertz CT molecular complexity index is 743. The smallest absolute Gasteiger partial charge is 0.0926 e. The first-order valence-corrected chi connectivity index (χ1v) is 7.41. The Labute approximate surface area is 115 Å². The highest BCUT2D eigenvalue weighted by atomic mass is 32.1. The Kier molecular flexibility index (Phi) is 2.31. The minimum Gasteiger partial charge on any atom is -0.348 e. The Morgan fingerprint density at radius 1 is 1.32 bits per heavy atom. The van der Waals surface area contributed by atoms with Crippen LogP contribution in [0.4, 0.5) is 0 Å². The van der Waals surface area contributed by atoms with Crippen LogP contribution < -0.4 is 5.32 Å². The van der Waals surface area contributed by atoms with E-state index in [1.54, 1.807) is 11.3 Å². The summed E-state index contributed by atoms with van der Waals surface area (Å²) in [5.74, 6) is 0. The molecule has 0 saturated carbocycles. The molecule has 0 bridgehead atoms. The molecule has 4 heteroatoms. The average Bonchev–Trinajstić information content (AvgIpc) is 3.06. The number of hydrogen-bond acceptors (Lipinski definition) is 3. The van der Waals surface area contributed by atoms with Gasteiger partial charge in [0.15, 0.2) is 0 Å². The first kappa shape index (κ1) is 11.2. The molecule has 1 aliphatic heterocycles. The van der Waals surface area contributed by atoms with Gasteiger partial charge in [-0.2, -0.15) is 0 Å². The van der Waals surface area contributed by atoms with Gasteiger partial charge in [0.2, 0.25) is 0 Å². The lowest BCUT2D eigenvalue weighted by molar-refractivity contribution is 0.407. The maximum atomic E-state index is 4.56. The molecule has 0 saturated heterocycles. The Balaban J connectivity index is 1.98. The topological polar surface area (TPSA) is 40.7 Å². The molecular weight excluding hydrogens is 254 g/mol. The highest BCUT2D eigenvalue weighted by Gasteiger charge is 2.37. The van der Waals surface area contributed by atoms with E-state index in [0.717, 1.165) is 18.7 Å².